The Balaban J connectivity index is 1.87. The number of ketones is 1. The lowest BCUT2D eigenvalue weighted by molar-refractivity contribution is -0.117. The van der Waals surface area contributed by atoms with Crippen LogP contribution in [0.15, 0.2) is 0 Å². The van der Waals surface area contributed by atoms with Gasteiger partial charge in [-0.15, -0.1) is 0 Å². The standard InChI is InChI=1S/C11H19NOS/c1-2-11-8-12(5-6-14-11)9-3-4-10(13)7-9/h9,11H,2-8H2,1H3. The molecule has 14 heavy (non-hydrogen) atoms. The molecule has 2 rings (SSSR count). The van der Waals surface area contributed by atoms with Crippen LogP contribution in [0.3, 0.4) is 0 Å². The van der Waals surface area contributed by atoms with Gasteiger partial charge < -0.3 is 0 Å². The Morgan fingerprint density at radius 2 is 2.43 bits per heavy atom. The highest BCUT2D eigenvalue weighted by atomic mass is 32.2. The summed E-state index contributed by atoms with van der Waals surface area (Å²) < 4.78 is 0. The number of hydrogen-bond acceptors (Lipinski definition) is 3. The number of carbonyl (C=O) groups excluding carboxylic acids is 1. The molecule has 0 N–H and O–H groups in total. The van der Waals surface area contributed by atoms with Crippen molar-refractivity contribution in [2.45, 2.75) is 43.9 Å². The maximum Gasteiger partial charge on any atom is 0.134 e. The van der Waals surface area contributed by atoms with Gasteiger partial charge in [0.1, 0.15) is 5.78 Å². The van der Waals surface area contributed by atoms with E-state index < -0.39 is 0 Å². The minimum Gasteiger partial charge on any atom is -0.300 e. The van der Waals surface area contributed by atoms with Gasteiger partial charge in [0.15, 0.2) is 0 Å². The number of hydrogen-bond donors (Lipinski definition) is 0. The van der Waals surface area contributed by atoms with Gasteiger partial charge in [0.05, 0.1) is 0 Å². The number of Topliss-reactive ketones (excluding diaryl/α,β-unsaturated/α-hetero) is 1. The van der Waals surface area contributed by atoms with Crippen molar-refractivity contribution in [2.24, 2.45) is 0 Å². The third-order valence-electron chi connectivity index (χ3n) is 3.36. The van der Waals surface area contributed by atoms with Gasteiger partial charge in [-0.2, -0.15) is 11.8 Å². The summed E-state index contributed by atoms with van der Waals surface area (Å²) in [5, 5.41) is 0.805. The molecule has 1 saturated carbocycles. The Hall–Kier alpha value is -0.0200. The average molecular weight is 213 g/mol. The smallest absolute Gasteiger partial charge is 0.134 e. The van der Waals surface area contributed by atoms with Gasteiger partial charge in [0, 0.05) is 43.0 Å². The molecule has 0 aromatic heterocycles. The third kappa shape index (κ3) is 2.31. The van der Waals surface area contributed by atoms with Crippen molar-refractivity contribution in [3.05, 3.63) is 0 Å². The van der Waals surface area contributed by atoms with E-state index >= 15 is 0 Å². The molecule has 2 fully saturated rings. The molecule has 1 aliphatic heterocycles. The van der Waals surface area contributed by atoms with Crippen molar-refractivity contribution in [1.82, 2.24) is 4.90 Å². The highest BCUT2D eigenvalue weighted by Crippen LogP contribution is 2.27. The van der Waals surface area contributed by atoms with Crippen LogP contribution in [-0.4, -0.2) is 40.8 Å². The number of carbonyl (C=O) groups is 1. The first-order chi connectivity index (χ1) is 6.79. The highest BCUT2D eigenvalue weighted by Gasteiger charge is 2.30. The SMILES string of the molecule is CCC1CN(C2CCC(=O)C2)CCS1. The van der Waals surface area contributed by atoms with E-state index in [-0.39, 0.29) is 0 Å². The zero-order valence-electron chi connectivity index (χ0n) is 8.87. The first kappa shape index (κ1) is 10.5. The second-order valence-corrected chi connectivity index (χ2v) is 5.74. The molecule has 80 valence electrons. The van der Waals surface area contributed by atoms with Crippen LogP contribution >= 0.6 is 11.8 Å². The molecule has 0 spiro atoms. The molecule has 0 amide bonds. The van der Waals surface area contributed by atoms with Crippen molar-refractivity contribution in [3.63, 3.8) is 0 Å². The minimum atomic E-state index is 0.473. The van der Waals surface area contributed by atoms with Crippen LogP contribution in [0.5, 0.6) is 0 Å². The van der Waals surface area contributed by atoms with Crippen LogP contribution < -0.4 is 0 Å². The fourth-order valence-electron chi connectivity index (χ4n) is 2.43. The molecule has 2 unspecified atom stereocenters. The van der Waals surface area contributed by atoms with Crippen LogP contribution in [0.2, 0.25) is 0 Å². The summed E-state index contributed by atoms with van der Waals surface area (Å²) in [7, 11) is 0. The Labute approximate surface area is 90.4 Å². The Kier molecular flexibility index (Phi) is 3.50. The summed E-state index contributed by atoms with van der Waals surface area (Å²) in [6.07, 6.45) is 4.02. The van der Waals surface area contributed by atoms with Crippen molar-refractivity contribution >= 4 is 17.5 Å². The molecule has 2 nitrogen and oxygen atoms in total. The molecule has 2 atom stereocenters. The van der Waals surface area contributed by atoms with E-state index in [9.17, 15) is 4.79 Å². The maximum absolute atomic E-state index is 11.2. The van der Waals surface area contributed by atoms with E-state index in [1.54, 1.807) is 0 Å². The molecule has 0 aromatic carbocycles. The van der Waals surface area contributed by atoms with Gasteiger partial charge >= 0.3 is 0 Å². The lowest BCUT2D eigenvalue weighted by atomic mass is 10.2. The monoisotopic (exact) mass is 213 g/mol. The van der Waals surface area contributed by atoms with Crippen LogP contribution in [-0.2, 0) is 4.79 Å². The van der Waals surface area contributed by atoms with Crippen LogP contribution in [0.4, 0.5) is 0 Å². The van der Waals surface area contributed by atoms with Crippen molar-refractivity contribution in [1.29, 1.82) is 0 Å². The van der Waals surface area contributed by atoms with Gasteiger partial charge in [0.25, 0.3) is 0 Å². The van der Waals surface area contributed by atoms with E-state index in [1.165, 1.54) is 25.3 Å². The molecule has 1 saturated heterocycles. The van der Waals surface area contributed by atoms with Gasteiger partial charge in [0.2, 0.25) is 0 Å². The van der Waals surface area contributed by atoms with Crippen molar-refractivity contribution in [2.75, 3.05) is 18.8 Å². The molecule has 1 heterocycles. The summed E-state index contributed by atoms with van der Waals surface area (Å²) in [6.45, 7) is 4.67. The second-order valence-electron chi connectivity index (χ2n) is 4.33. The van der Waals surface area contributed by atoms with Gasteiger partial charge in [-0.05, 0) is 12.8 Å². The molecule has 1 aliphatic carbocycles. The quantitative estimate of drug-likeness (QED) is 0.699. The average Bonchev–Trinajstić information content (AvgIpc) is 2.65. The minimum absolute atomic E-state index is 0.473. The first-order valence-electron chi connectivity index (χ1n) is 5.67. The van der Waals surface area contributed by atoms with E-state index in [0.29, 0.717) is 11.8 Å². The summed E-state index contributed by atoms with van der Waals surface area (Å²) >= 11 is 2.10. The molecule has 3 heteroatoms. The summed E-state index contributed by atoms with van der Waals surface area (Å²) in [5.74, 6) is 1.73. The molecule has 0 radical (unpaired) electrons. The third-order valence-corrected chi connectivity index (χ3v) is 4.73. The summed E-state index contributed by atoms with van der Waals surface area (Å²) in [4.78, 5) is 13.8. The molecule has 0 aromatic rings. The number of thioether (sulfide) groups is 1. The predicted molar refractivity (Wildman–Crippen MR) is 60.8 cm³/mol. The second kappa shape index (κ2) is 4.67. The van der Waals surface area contributed by atoms with Crippen molar-refractivity contribution in [3.8, 4) is 0 Å². The van der Waals surface area contributed by atoms with E-state index in [2.05, 4.69) is 23.6 Å². The maximum atomic E-state index is 11.2. The highest BCUT2D eigenvalue weighted by molar-refractivity contribution is 8.00. The van der Waals surface area contributed by atoms with Crippen LogP contribution in [0, 0.1) is 0 Å². The predicted octanol–water partition coefficient (Wildman–Crippen LogP) is 1.94. The van der Waals surface area contributed by atoms with Crippen LogP contribution in [0.25, 0.3) is 0 Å². The van der Waals surface area contributed by atoms with Crippen molar-refractivity contribution < 1.29 is 4.79 Å². The van der Waals surface area contributed by atoms with Gasteiger partial charge in [-0.25, -0.2) is 0 Å². The Bertz CT molecular complexity index is 219. The Morgan fingerprint density at radius 1 is 1.57 bits per heavy atom. The largest absolute Gasteiger partial charge is 0.300 e. The molecular weight excluding hydrogens is 194 g/mol. The van der Waals surface area contributed by atoms with E-state index in [0.717, 1.165) is 24.5 Å². The first-order valence-corrected chi connectivity index (χ1v) is 6.72. The topological polar surface area (TPSA) is 20.3 Å². The number of nitrogens with zero attached hydrogens (tertiary/aromatic N) is 1. The molecule has 2 aliphatic rings. The summed E-state index contributed by atoms with van der Waals surface area (Å²) in [6, 6.07) is 0.581. The van der Waals surface area contributed by atoms with E-state index in [1.807, 2.05) is 0 Å². The van der Waals surface area contributed by atoms with E-state index in [4.69, 9.17) is 0 Å². The lowest BCUT2D eigenvalue weighted by Gasteiger charge is -2.35. The summed E-state index contributed by atoms with van der Waals surface area (Å²) in [5.41, 5.74) is 0. The van der Waals surface area contributed by atoms with Crippen LogP contribution in [0.1, 0.15) is 32.6 Å². The fraction of sp³-hybridized carbons (Fsp3) is 0.909. The normalized spacial score (nSPS) is 35.1. The van der Waals surface area contributed by atoms with Gasteiger partial charge in [-0.3, -0.25) is 9.69 Å². The lowest BCUT2D eigenvalue weighted by Crippen LogP contribution is -2.43. The number of rotatable bonds is 2. The fourth-order valence-corrected chi connectivity index (χ4v) is 3.63. The van der Waals surface area contributed by atoms with Gasteiger partial charge in [-0.1, -0.05) is 6.92 Å². The Morgan fingerprint density at radius 3 is 3.07 bits per heavy atom. The molecule has 0 bridgehead atoms. The zero-order valence-corrected chi connectivity index (χ0v) is 9.68. The molecular formula is C11H19NOS. The zero-order chi connectivity index (χ0) is 9.97.